The van der Waals surface area contributed by atoms with E-state index in [1.165, 1.54) is 4.90 Å². The van der Waals surface area contributed by atoms with Crippen LogP contribution in [-0.2, 0) is 4.79 Å². The van der Waals surface area contributed by atoms with Gasteiger partial charge in [0.2, 0.25) is 0 Å². The summed E-state index contributed by atoms with van der Waals surface area (Å²) in [6, 6.07) is 0. The van der Waals surface area contributed by atoms with Gasteiger partial charge in [0.1, 0.15) is 5.54 Å². The summed E-state index contributed by atoms with van der Waals surface area (Å²) in [6.45, 7) is 4.13. The quantitative estimate of drug-likeness (QED) is 0.734. The largest absolute Gasteiger partial charge is 0.369 e. The second kappa shape index (κ2) is 3.98. The van der Waals surface area contributed by atoms with E-state index >= 15 is 0 Å². The third kappa shape index (κ3) is 1.61. The summed E-state index contributed by atoms with van der Waals surface area (Å²) in [6.07, 6.45) is 3.50. The number of aliphatic imine (C=N–C) groups is 1. The summed E-state index contributed by atoms with van der Waals surface area (Å²) in [5.74, 6) is 0.413. The predicted octanol–water partition coefficient (Wildman–Crippen LogP) is 1.11. The van der Waals surface area contributed by atoms with Crippen molar-refractivity contribution in [3.05, 3.63) is 0 Å². The van der Waals surface area contributed by atoms with Crippen molar-refractivity contribution in [1.29, 1.82) is 0 Å². The highest BCUT2D eigenvalue weighted by molar-refractivity contribution is 6.06. The van der Waals surface area contributed by atoms with Gasteiger partial charge in [0, 0.05) is 7.05 Å². The van der Waals surface area contributed by atoms with Crippen LogP contribution in [0.1, 0.15) is 39.5 Å². The van der Waals surface area contributed by atoms with E-state index in [0.717, 1.165) is 25.7 Å². The van der Waals surface area contributed by atoms with Crippen LogP contribution in [0.3, 0.4) is 0 Å². The van der Waals surface area contributed by atoms with Crippen molar-refractivity contribution in [2.24, 2.45) is 10.7 Å². The first-order chi connectivity index (χ1) is 6.57. The molecule has 0 aromatic heterocycles. The molecule has 0 saturated heterocycles. The minimum absolute atomic E-state index is 0.0544. The number of guanidine groups is 1. The Labute approximate surface area is 85.2 Å². The number of nitrogens with two attached hydrogens (primary N) is 1. The molecule has 0 saturated carbocycles. The molecule has 0 spiro atoms. The number of likely N-dealkylation sites (N-methyl/N-ethyl adjacent to an activating group) is 1. The first-order valence-electron chi connectivity index (χ1n) is 5.21. The van der Waals surface area contributed by atoms with Crippen LogP contribution in [0.4, 0.5) is 0 Å². The van der Waals surface area contributed by atoms with Crippen LogP contribution in [0.15, 0.2) is 4.99 Å². The van der Waals surface area contributed by atoms with Crippen LogP contribution in [0.2, 0.25) is 0 Å². The summed E-state index contributed by atoms with van der Waals surface area (Å²) >= 11 is 0. The lowest BCUT2D eigenvalue weighted by Crippen LogP contribution is -2.41. The number of nitrogens with zero attached hydrogens (tertiary/aromatic N) is 2. The number of carbonyl (C=O) groups excluding carboxylic acids is 1. The topological polar surface area (TPSA) is 58.7 Å². The average molecular weight is 197 g/mol. The zero-order valence-corrected chi connectivity index (χ0v) is 9.21. The summed E-state index contributed by atoms with van der Waals surface area (Å²) in [7, 11) is 1.69. The van der Waals surface area contributed by atoms with Gasteiger partial charge in [-0.2, -0.15) is 0 Å². The van der Waals surface area contributed by atoms with Crippen molar-refractivity contribution >= 4 is 11.9 Å². The van der Waals surface area contributed by atoms with E-state index in [2.05, 4.69) is 18.8 Å². The molecule has 0 radical (unpaired) electrons. The fourth-order valence-corrected chi connectivity index (χ4v) is 2.04. The van der Waals surface area contributed by atoms with E-state index < -0.39 is 5.54 Å². The van der Waals surface area contributed by atoms with Crippen molar-refractivity contribution in [2.45, 2.75) is 45.1 Å². The number of hydrogen-bond acceptors (Lipinski definition) is 3. The maximum atomic E-state index is 11.9. The van der Waals surface area contributed by atoms with E-state index in [9.17, 15) is 4.79 Å². The zero-order valence-electron chi connectivity index (χ0n) is 9.21. The molecule has 80 valence electrons. The average Bonchev–Trinajstić information content (AvgIpc) is 2.33. The fraction of sp³-hybridized carbons (Fsp3) is 0.800. The SMILES string of the molecule is CCCC1(CCC)N=C(N)N(C)C1=O. The van der Waals surface area contributed by atoms with Gasteiger partial charge >= 0.3 is 0 Å². The lowest BCUT2D eigenvalue weighted by atomic mass is 9.89. The highest BCUT2D eigenvalue weighted by atomic mass is 16.2. The Morgan fingerprint density at radius 3 is 2.14 bits per heavy atom. The van der Waals surface area contributed by atoms with E-state index in [1.54, 1.807) is 7.05 Å². The summed E-state index contributed by atoms with van der Waals surface area (Å²) in [5, 5.41) is 0. The number of carbonyl (C=O) groups is 1. The molecule has 0 aromatic carbocycles. The second-order valence-corrected chi connectivity index (χ2v) is 3.87. The standard InChI is InChI=1S/C10H19N3O/c1-4-6-10(7-5-2)8(14)13(3)9(11)12-10/h4-7H2,1-3H3,(H2,11,12). The minimum Gasteiger partial charge on any atom is -0.369 e. The van der Waals surface area contributed by atoms with Crippen molar-refractivity contribution in [1.82, 2.24) is 4.90 Å². The molecule has 0 aliphatic carbocycles. The van der Waals surface area contributed by atoms with E-state index in [0.29, 0.717) is 5.96 Å². The maximum absolute atomic E-state index is 11.9. The lowest BCUT2D eigenvalue weighted by molar-refractivity contribution is -0.130. The maximum Gasteiger partial charge on any atom is 0.257 e. The van der Waals surface area contributed by atoms with Gasteiger partial charge in [0.05, 0.1) is 0 Å². The Bertz CT molecular complexity index is 254. The van der Waals surface area contributed by atoms with E-state index in [1.807, 2.05) is 0 Å². The van der Waals surface area contributed by atoms with Crippen LogP contribution >= 0.6 is 0 Å². The first-order valence-corrected chi connectivity index (χ1v) is 5.21. The van der Waals surface area contributed by atoms with Crippen LogP contribution in [0.25, 0.3) is 0 Å². The molecule has 1 heterocycles. The molecule has 2 N–H and O–H groups in total. The third-order valence-electron chi connectivity index (χ3n) is 2.70. The van der Waals surface area contributed by atoms with E-state index in [4.69, 9.17) is 5.73 Å². The molecule has 0 atom stereocenters. The summed E-state index contributed by atoms with van der Waals surface area (Å²) < 4.78 is 0. The monoisotopic (exact) mass is 197 g/mol. The Morgan fingerprint density at radius 1 is 1.36 bits per heavy atom. The fourth-order valence-electron chi connectivity index (χ4n) is 2.04. The molecule has 1 aliphatic rings. The Morgan fingerprint density at radius 2 is 1.86 bits per heavy atom. The van der Waals surface area contributed by atoms with Gasteiger partial charge in [-0.1, -0.05) is 26.7 Å². The van der Waals surface area contributed by atoms with Crippen molar-refractivity contribution in [3.8, 4) is 0 Å². The van der Waals surface area contributed by atoms with Gasteiger partial charge in [-0.15, -0.1) is 0 Å². The van der Waals surface area contributed by atoms with Crippen LogP contribution < -0.4 is 5.73 Å². The molecule has 0 aromatic rings. The van der Waals surface area contributed by atoms with Crippen LogP contribution in [0.5, 0.6) is 0 Å². The van der Waals surface area contributed by atoms with Gasteiger partial charge in [-0.25, -0.2) is 4.99 Å². The zero-order chi connectivity index (χ0) is 10.8. The molecular weight excluding hydrogens is 178 g/mol. The molecule has 14 heavy (non-hydrogen) atoms. The third-order valence-corrected chi connectivity index (χ3v) is 2.70. The second-order valence-electron chi connectivity index (χ2n) is 3.87. The smallest absolute Gasteiger partial charge is 0.257 e. The predicted molar refractivity (Wildman–Crippen MR) is 56.9 cm³/mol. The van der Waals surface area contributed by atoms with Gasteiger partial charge in [-0.05, 0) is 12.8 Å². The number of rotatable bonds is 4. The normalized spacial score (nSPS) is 20.1. The van der Waals surface area contributed by atoms with Crippen molar-refractivity contribution in [3.63, 3.8) is 0 Å². The van der Waals surface area contributed by atoms with E-state index in [-0.39, 0.29) is 5.91 Å². The molecule has 1 amide bonds. The van der Waals surface area contributed by atoms with Crippen LogP contribution in [-0.4, -0.2) is 29.4 Å². The molecule has 1 rings (SSSR count). The molecular formula is C10H19N3O. The van der Waals surface area contributed by atoms with Gasteiger partial charge < -0.3 is 5.73 Å². The summed E-state index contributed by atoms with van der Waals surface area (Å²) in [5.41, 5.74) is 5.11. The Hall–Kier alpha value is -1.06. The van der Waals surface area contributed by atoms with Gasteiger partial charge in [-0.3, -0.25) is 9.69 Å². The molecule has 4 heteroatoms. The molecule has 4 nitrogen and oxygen atoms in total. The number of amides is 1. The molecule has 0 bridgehead atoms. The summed E-state index contributed by atoms with van der Waals surface area (Å²) in [4.78, 5) is 17.7. The molecule has 1 aliphatic heterocycles. The number of hydrogen-bond donors (Lipinski definition) is 1. The highest BCUT2D eigenvalue weighted by Gasteiger charge is 2.44. The highest BCUT2D eigenvalue weighted by Crippen LogP contribution is 2.30. The van der Waals surface area contributed by atoms with Gasteiger partial charge in [0.25, 0.3) is 5.91 Å². The van der Waals surface area contributed by atoms with Crippen molar-refractivity contribution in [2.75, 3.05) is 7.05 Å². The van der Waals surface area contributed by atoms with Gasteiger partial charge in [0.15, 0.2) is 5.96 Å². The Kier molecular flexibility index (Phi) is 3.13. The molecule has 0 unspecified atom stereocenters. The minimum atomic E-state index is -0.553. The Balaban J connectivity index is 2.93. The van der Waals surface area contributed by atoms with Crippen LogP contribution in [0, 0.1) is 0 Å². The first kappa shape index (κ1) is 11.0. The lowest BCUT2D eigenvalue weighted by Gasteiger charge is -2.23. The molecule has 0 fully saturated rings. The van der Waals surface area contributed by atoms with Crippen molar-refractivity contribution < 1.29 is 4.79 Å².